The number of nitrogen functional groups attached to an aromatic ring is 1. The van der Waals surface area contributed by atoms with Crippen LogP contribution < -0.4 is 11.1 Å². The van der Waals surface area contributed by atoms with E-state index < -0.39 is 0 Å². The maximum Gasteiger partial charge on any atom is 0.257 e. The minimum Gasteiger partial charge on any atom is -0.382 e. The number of aromatic nitrogens is 2. The third-order valence-electron chi connectivity index (χ3n) is 2.67. The van der Waals surface area contributed by atoms with E-state index in [1.807, 2.05) is 18.4 Å². The quantitative estimate of drug-likeness (QED) is 0.786. The number of thiophene rings is 1. The van der Waals surface area contributed by atoms with Gasteiger partial charge in [-0.25, -0.2) is 0 Å². The fraction of sp³-hybridized carbons (Fsp3) is 0.333. The molecule has 1 atom stereocenters. The van der Waals surface area contributed by atoms with Gasteiger partial charge in [0.1, 0.15) is 5.56 Å². The summed E-state index contributed by atoms with van der Waals surface area (Å²) in [6.07, 6.45) is 0.820. The summed E-state index contributed by atoms with van der Waals surface area (Å²) < 4.78 is 0. The molecule has 1 amide bonds. The zero-order valence-electron chi connectivity index (χ0n) is 10.4. The van der Waals surface area contributed by atoms with Crippen molar-refractivity contribution in [2.24, 2.45) is 0 Å². The van der Waals surface area contributed by atoms with E-state index in [0.29, 0.717) is 11.3 Å². The van der Waals surface area contributed by atoms with Crippen molar-refractivity contribution >= 4 is 23.1 Å². The molecule has 4 N–H and O–H groups in total. The number of hydrogen-bond acceptors (Lipinski definition) is 4. The third kappa shape index (κ3) is 2.70. The van der Waals surface area contributed by atoms with Crippen molar-refractivity contribution in [1.82, 2.24) is 15.5 Å². The summed E-state index contributed by atoms with van der Waals surface area (Å²) in [4.78, 5) is 13.3. The number of carbonyl (C=O) groups excluding carboxylic acids is 1. The number of H-pyrrole nitrogens is 1. The second-order valence-corrected chi connectivity index (χ2v) is 5.30. The lowest BCUT2D eigenvalue weighted by Gasteiger charge is -2.12. The summed E-state index contributed by atoms with van der Waals surface area (Å²) in [6, 6.07) is 4.13. The first-order valence-electron chi connectivity index (χ1n) is 5.71. The third-order valence-corrected chi connectivity index (χ3v) is 3.57. The zero-order valence-corrected chi connectivity index (χ0v) is 11.2. The van der Waals surface area contributed by atoms with Crippen LogP contribution in [0.4, 0.5) is 5.82 Å². The maximum absolute atomic E-state index is 12.0. The van der Waals surface area contributed by atoms with Crippen molar-refractivity contribution in [3.05, 3.63) is 33.6 Å². The van der Waals surface area contributed by atoms with Crippen LogP contribution in [0.3, 0.4) is 0 Å². The number of amides is 1. The Morgan fingerprint density at radius 3 is 3.00 bits per heavy atom. The number of anilines is 1. The van der Waals surface area contributed by atoms with Gasteiger partial charge in [-0.3, -0.25) is 9.89 Å². The van der Waals surface area contributed by atoms with E-state index in [4.69, 9.17) is 5.73 Å². The van der Waals surface area contributed by atoms with E-state index >= 15 is 0 Å². The van der Waals surface area contributed by atoms with Crippen LogP contribution in [-0.4, -0.2) is 22.1 Å². The molecule has 0 aliphatic heterocycles. The molecule has 0 bridgehead atoms. The monoisotopic (exact) mass is 264 g/mol. The lowest BCUT2D eigenvalue weighted by atomic mass is 10.1. The Bertz CT molecular complexity index is 513. The van der Waals surface area contributed by atoms with E-state index in [-0.39, 0.29) is 17.8 Å². The Morgan fingerprint density at radius 1 is 1.67 bits per heavy atom. The molecule has 1 unspecified atom stereocenters. The lowest BCUT2D eigenvalue weighted by Crippen LogP contribution is -2.34. The number of nitrogens with two attached hydrogens (primary N) is 1. The van der Waals surface area contributed by atoms with Gasteiger partial charge in [0.25, 0.3) is 5.91 Å². The van der Waals surface area contributed by atoms with Gasteiger partial charge in [-0.2, -0.15) is 5.10 Å². The zero-order chi connectivity index (χ0) is 13.1. The first-order valence-corrected chi connectivity index (χ1v) is 6.59. The highest BCUT2D eigenvalue weighted by atomic mass is 32.1. The molecule has 0 saturated carbocycles. The van der Waals surface area contributed by atoms with Crippen LogP contribution in [-0.2, 0) is 6.42 Å². The van der Waals surface area contributed by atoms with E-state index in [1.165, 1.54) is 4.88 Å². The number of rotatable bonds is 4. The van der Waals surface area contributed by atoms with Crippen molar-refractivity contribution in [3.8, 4) is 0 Å². The highest BCUT2D eigenvalue weighted by Crippen LogP contribution is 2.14. The van der Waals surface area contributed by atoms with Gasteiger partial charge >= 0.3 is 0 Å². The molecule has 2 aromatic rings. The number of carbonyl (C=O) groups is 1. The predicted molar refractivity (Wildman–Crippen MR) is 72.7 cm³/mol. The molecule has 0 saturated heterocycles. The molecule has 96 valence electrons. The molecule has 2 aromatic heterocycles. The summed E-state index contributed by atoms with van der Waals surface area (Å²) in [5, 5.41) is 11.5. The SMILES string of the molecule is Cc1[nH]nc(N)c1C(=O)NC(C)Cc1cccs1. The van der Waals surface area contributed by atoms with Crippen molar-refractivity contribution < 1.29 is 4.79 Å². The average Bonchev–Trinajstić information content (AvgIpc) is 2.89. The number of nitrogens with one attached hydrogen (secondary N) is 2. The maximum atomic E-state index is 12.0. The Balaban J connectivity index is 1.99. The second kappa shape index (κ2) is 5.22. The molecule has 0 radical (unpaired) electrons. The Morgan fingerprint density at radius 2 is 2.44 bits per heavy atom. The van der Waals surface area contributed by atoms with Crippen LogP contribution in [0.5, 0.6) is 0 Å². The van der Waals surface area contributed by atoms with Crippen LogP contribution in [0.15, 0.2) is 17.5 Å². The van der Waals surface area contributed by atoms with Gasteiger partial charge in [-0.15, -0.1) is 11.3 Å². The average molecular weight is 264 g/mol. The molecule has 6 heteroatoms. The summed E-state index contributed by atoms with van der Waals surface area (Å²) >= 11 is 1.69. The molecule has 18 heavy (non-hydrogen) atoms. The molecule has 5 nitrogen and oxygen atoms in total. The number of aromatic amines is 1. The summed E-state index contributed by atoms with van der Waals surface area (Å²) in [7, 11) is 0. The van der Waals surface area contributed by atoms with E-state index in [9.17, 15) is 4.79 Å². The molecule has 0 aliphatic rings. The molecule has 0 spiro atoms. The van der Waals surface area contributed by atoms with Crippen molar-refractivity contribution in [3.63, 3.8) is 0 Å². The highest BCUT2D eigenvalue weighted by Gasteiger charge is 2.17. The van der Waals surface area contributed by atoms with Gasteiger partial charge in [0.15, 0.2) is 5.82 Å². The van der Waals surface area contributed by atoms with E-state index in [0.717, 1.165) is 6.42 Å². The van der Waals surface area contributed by atoms with Gasteiger partial charge in [0.2, 0.25) is 0 Å². The van der Waals surface area contributed by atoms with E-state index in [1.54, 1.807) is 18.3 Å². The van der Waals surface area contributed by atoms with Crippen molar-refractivity contribution in [1.29, 1.82) is 0 Å². The van der Waals surface area contributed by atoms with Crippen LogP contribution in [0.2, 0.25) is 0 Å². The largest absolute Gasteiger partial charge is 0.382 e. The number of aryl methyl sites for hydroxylation is 1. The van der Waals surface area contributed by atoms with Gasteiger partial charge in [0.05, 0.1) is 0 Å². The summed E-state index contributed by atoms with van der Waals surface area (Å²) in [5.41, 5.74) is 6.78. The second-order valence-electron chi connectivity index (χ2n) is 4.27. The van der Waals surface area contributed by atoms with Crippen molar-refractivity contribution in [2.45, 2.75) is 26.3 Å². The lowest BCUT2D eigenvalue weighted by molar-refractivity contribution is 0.0940. The van der Waals surface area contributed by atoms with Crippen molar-refractivity contribution in [2.75, 3.05) is 5.73 Å². The Kier molecular flexibility index (Phi) is 3.66. The van der Waals surface area contributed by atoms with Gasteiger partial charge in [0, 0.05) is 23.0 Å². The molecule has 0 aliphatic carbocycles. The fourth-order valence-electron chi connectivity index (χ4n) is 1.81. The molecule has 0 aromatic carbocycles. The normalized spacial score (nSPS) is 12.3. The minimum atomic E-state index is -0.178. The Labute approximate surface area is 109 Å². The van der Waals surface area contributed by atoms with Crippen LogP contribution in [0.25, 0.3) is 0 Å². The minimum absolute atomic E-state index is 0.0600. The van der Waals surface area contributed by atoms with Gasteiger partial charge < -0.3 is 11.1 Å². The smallest absolute Gasteiger partial charge is 0.257 e. The fourth-order valence-corrected chi connectivity index (χ4v) is 2.65. The van der Waals surface area contributed by atoms with Crippen LogP contribution in [0.1, 0.15) is 27.9 Å². The van der Waals surface area contributed by atoms with Gasteiger partial charge in [-0.1, -0.05) is 6.07 Å². The van der Waals surface area contributed by atoms with E-state index in [2.05, 4.69) is 21.6 Å². The molecule has 0 fully saturated rings. The number of hydrogen-bond donors (Lipinski definition) is 3. The first-order chi connectivity index (χ1) is 8.58. The summed E-state index contributed by atoms with van der Waals surface area (Å²) in [5.74, 6) is 0.0659. The standard InChI is InChI=1S/C12H16N4OS/c1-7(6-9-4-3-5-18-9)14-12(17)10-8(2)15-16-11(10)13/h3-5,7H,6H2,1-2H3,(H,14,17)(H3,13,15,16). The van der Waals surface area contributed by atoms with Crippen LogP contribution in [0, 0.1) is 6.92 Å². The Hall–Kier alpha value is -1.82. The molecule has 2 heterocycles. The molecule has 2 rings (SSSR count). The number of nitrogens with zero attached hydrogens (tertiary/aromatic N) is 1. The summed E-state index contributed by atoms with van der Waals surface area (Å²) in [6.45, 7) is 3.76. The molecular weight excluding hydrogens is 248 g/mol. The first kappa shape index (κ1) is 12.6. The highest BCUT2D eigenvalue weighted by molar-refractivity contribution is 7.09. The topological polar surface area (TPSA) is 83.8 Å². The predicted octanol–water partition coefficient (Wildman–Crippen LogP) is 1.72. The van der Waals surface area contributed by atoms with Crippen LogP contribution >= 0.6 is 11.3 Å². The molecular formula is C12H16N4OS. The van der Waals surface area contributed by atoms with Gasteiger partial charge in [-0.05, 0) is 25.3 Å².